The van der Waals surface area contributed by atoms with E-state index < -0.39 is 9.84 Å². The van der Waals surface area contributed by atoms with E-state index in [9.17, 15) is 8.42 Å². The molecule has 102 valence electrons. The normalized spacial score (nSPS) is 19.8. The van der Waals surface area contributed by atoms with Gasteiger partial charge in [0.1, 0.15) is 9.84 Å². The first kappa shape index (κ1) is 13.4. The van der Waals surface area contributed by atoms with E-state index in [-0.39, 0.29) is 17.5 Å². The van der Waals surface area contributed by atoms with Crippen LogP contribution in [0.15, 0.2) is 12.4 Å². The average molecular weight is 273 g/mol. The van der Waals surface area contributed by atoms with Gasteiger partial charge in [0.25, 0.3) is 0 Å². The van der Waals surface area contributed by atoms with Crippen molar-refractivity contribution in [1.29, 1.82) is 0 Å². The zero-order valence-electron chi connectivity index (χ0n) is 10.5. The Balaban J connectivity index is 1.84. The molecule has 0 saturated carbocycles. The Bertz CT molecular complexity index is 469. The number of methoxy groups -OCH3 is 1. The minimum Gasteiger partial charge on any atom is -0.383 e. The summed E-state index contributed by atoms with van der Waals surface area (Å²) < 4.78 is 29.4. The maximum absolute atomic E-state index is 11.3. The van der Waals surface area contributed by atoms with Gasteiger partial charge in [0.2, 0.25) is 0 Å². The molecule has 0 bridgehead atoms. The molecule has 1 N–H and O–H groups in total. The van der Waals surface area contributed by atoms with Crippen LogP contribution in [0, 0.1) is 0 Å². The van der Waals surface area contributed by atoms with Crippen molar-refractivity contribution in [2.75, 3.05) is 30.5 Å². The number of nitrogens with zero attached hydrogens (tertiary/aromatic N) is 2. The second-order valence-electron chi connectivity index (χ2n) is 4.56. The Hall–Kier alpha value is -1.08. The highest BCUT2D eigenvalue weighted by molar-refractivity contribution is 7.91. The van der Waals surface area contributed by atoms with Gasteiger partial charge in [0, 0.05) is 19.3 Å². The van der Waals surface area contributed by atoms with E-state index in [0.717, 1.165) is 12.2 Å². The Labute approximate surface area is 107 Å². The van der Waals surface area contributed by atoms with Crippen molar-refractivity contribution in [3.05, 3.63) is 12.4 Å². The lowest BCUT2D eigenvalue weighted by atomic mass is 10.1. The fraction of sp³-hybridized carbons (Fsp3) is 0.727. The second-order valence-corrected chi connectivity index (χ2v) is 6.86. The second kappa shape index (κ2) is 5.71. The topological polar surface area (TPSA) is 73.2 Å². The summed E-state index contributed by atoms with van der Waals surface area (Å²) in [6, 6.07) is 0.230. The minimum absolute atomic E-state index is 0.230. The molecule has 0 radical (unpaired) electrons. The fourth-order valence-corrected chi connectivity index (χ4v) is 3.51. The number of ether oxygens (including phenoxy) is 1. The molecule has 1 fully saturated rings. The standard InChI is InChI=1S/C11H19N3O3S/c1-17-5-4-14-9-11(8-12-14)13-10-2-6-18(15,16)7-3-10/h8-10,13H,2-7H2,1H3. The molecule has 0 amide bonds. The van der Waals surface area contributed by atoms with Crippen LogP contribution in [-0.2, 0) is 21.1 Å². The molecule has 18 heavy (non-hydrogen) atoms. The first-order valence-corrected chi connectivity index (χ1v) is 7.89. The van der Waals surface area contributed by atoms with E-state index in [4.69, 9.17) is 4.74 Å². The lowest BCUT2D eigenvalue weighted by Gasteiger charge is -2.23. The zero-order chi connectivity index (χ0) is 13.0. The predicted octanol–water partition coefficient (Wildman–Crippen LogP) is 0.519. The van der Waals surface area contributed by atoms with Crippen molar-refractivity contribution >= 4 is 15.5 Å². The summed E-state index contributed by atoms with van der Waals surface area (Å²) in [6.07, 6.45) is 5.03. The van der Waals surface area contributed by atoms with E-state index in [2.05, 4.69) is 10.4 Å². The number of sulfone groups is 1. The molecule has 2 heterocycles. The molecule has 0 aromatic carbocycles. The molecule has 1 aliphatic rings. The van der Waals surface area contributed by atoms with Crippen molar-refractivity contribution in [3.8, 4) is 0 Å². The smallest absolute Gasteiger partial charge is 0.150 e. The third kappa shape index (κ3) is 3.71. The lowest BCUT2D eigenvalue weighted by molar-refractivity contribution is 0.183. The summed E-state index contributed by atoms with van der Waals surface area (Å²) in [6.45, 7) is 1.35. The van der Waals surface area contributed by atoms with Gasteiger partial charge in [0.15, 0.2) is 0 Å². The number of hydrogen-bond donors (Lipinski definition) is 1. The van der Waals surface area contributed by atoms with Crippen LogP contribution in [0.25, 0.3) is 0 Å². The van der Waals surface area contributed by atoms with Crippen molar-refractivity contribution in [2.45, 2.75) is 25.4 Å². The summed E-state index contributed by atoms with van der Waals surface area (Å²) in [5.41, 5.74) is 0.940. The van der Waals surface area contributed by atoms with E-state index in [1.807, 2.05) is 10.9 Å². The average Bonchev–Trinajstić information content (AvgIpc) is 2.77. The van der Waals surface area contributed by atoms with E-state index >= 15 is 0 Å². The molecule has 2 rings (SSSR count). The fourth-order valence-electron chi connectivity index (χ4n) is 2.02. The molecule has 1 aromatic rings. The van der Waals surface area contributed by atoms with Crippen LogP contribution in [0.5, 0.6) is 0 Å². The largest absolute Gasteiger partial charge is 0.383 e. The van der Waals surface area contributed by atoms with Gasteiger partial charge < -0.3 is 10.1 Å². The Morgan fingerprint density at radius 2 is 2.22 bits per heavy atom. The molecule has 1 saturated heterocycles. The summed E-state index contributed by atoms with van der Waals surface area (Å²) in [7, 11) is -1.13. The number of hydrogen-bond acceptors (Lipinski definition) is 5. The van der Waals surface area contributed by atoms with Crippen LogP contribution >= 0.6 is 0 Å². The SMILES string of the molecule is COCCn1cc(NC2CCS(=O)(=O)CC2)cn1. The van der Waals surface area contributed by atoms with Gasteiger partial charge in [-0.25, -0.2) is 8.42 Å². The van der Waals surface area contributed by atoms with Crippen LogP contribution in [0.3, 0.4) is 0 Å². The predicted molar refractivity (Wildman–Crippen MR) is 69.4 cm³/mol. The molecule has 0 atom stereocenters. The summed E-state index contributed by atoms with van der Waals surface area (Å²) in [4.78, 5) is 0. The lowest BCUT2D eigenvalue weighted by Crippen LogP contribution is -2.31. The molecule has 6 nitrogen and oxygen atoms in total. The molecular weight excluding hydrogens is 254 g/mol. The van der Waals surface area contributed by atoms with Gasteiger partial charge in [-0.1, -0.05) is 0 Å². The maximum atomic E-state index is 11.3. The van der Waals surface area contributed by atoms with Crippen LogP contribution in [0.4, 0.5) is 5.69 Å². The molecule has 0 spiro atoms. The van der Waals surface area contributed by atoms with Gasteiger partial charge in [-0.05, 0) is 12.8 Å². The van der Waals surface area contributed by atoms with Gasteiger partial charge in [-0.15, -0.1) is 0 Å². The summed E-state index contributed by atoms with van der Waals surface area (Å²) in [5, 5.41) is 7.53. The zero-order valence-corrected chi connectivity index (χ0v) is 11.3. The van der Waals surface area contributed by atoms with E-state index in [1.165, 1.54) is 0 Å². The molecule has 1 aromatic heterocycles. The quantitative estimate of drug-likeness (QED) is 0.846. The van der Waals surface area contributed by atoms with Crippen molar-refractivity contribution < 1.29 is 13.2 Å². The third-order valence-electron chi connectivity index (χ3n) is 3.08. The first-order valence-electron chi connectivity index (χ1n) is 6.07. The maximum Gasteiger partial charge on any atom is 0.150 e. The minimum atomic E-state index is -2.79. The Morgan fingerprint density at radius 3 is 2.89 bits per heavy atom. The van der Waals surface area contributed by atoms with Crippen LogP contribution in [0.2, 0.25) is 0 Å². The van der Waals surface area contributed by atoms with Crippen LogP contribution in [-0.4, -0.2) is 49.5 Å². The molecule has 0 unspecified atom stereocenters. The molecule has 0 aliphatic carbocycles. The molecule has 7 heteroatoms. The van der Waals surface area contributed by atoms with Crippen LogP contribution < -0.4 is 5.32 Å². The van der Waals surface area contributed by atoms with Crippen LogP contribution in [0.1, 0.15) is 12.8 Å². The number of anilines is 1. The monoisotopic (exact) mass is 273 g/mol. The highest BCUT2D eigenvalue weighted by Gasteiger charge is 2.23. The number of nitrogens with one attached hydrogen (secondary N) is 1. The Morgan fingerprint density at radius 1 is 1.50 bits per heavy atom. The summed E-state index contributed by atoms with van der Waals surface area (Å²) >= 11 is 0. The Kier molecular flexibility index (Phi) is 4.23. The van der Waals surface area contributed by atoms with Gasteiger partial charge in [0.05, 0.1) is 36.5 Å². The first-order chi connectivity index (χ1) is 8.59. The van der Waals surface area contributed by atoms with Crippen molar-refractivity contribution in [2.24, 2.45) is 0 Å². The van der Waals surface area contributed by atoms with E-state index in [1.54, 1.807) is 13.3 Å². The van der Waals surface area contributed by atoms with Gasteiger partial charge in [-0.3, -0.25) is 4.68 Å². The highest BCUT2D eigenvalue weighted by Crippen LogP contribution is 2.17. The highest BCUT2D eigenvalue weighted by atomic mass is 32.2. The summed E-state index contributed by atoms with van der Waals surface area (Å²) in [5.74, 6) is 0.560. The van der Waals surface area contributed by atoms with Gasteiger partial charge in [-0.2, -0.15) is 5.10 Å². The number of rotatable bonds is 5. The van der Waals surface area contributed by atoms with E-state index in [0.29, 0.717) is 19.4 Å². The van der Waals surface area contributed by atoms with Gasteiger partial charge >= 0.3 is 0 Å². The third-order valence-corrected chi connectivity index (χ3v) is 4.80. The number of aromatic nitrogens is 2. The molecular formula is C11H19N3O3S. The van der Waals surface area contributed by atoms with Crippen molar-refractivity contribution in [3.63, 3.8) is 0 Å². The molecule has 1 aliphatic heterocycles. The van der Waals surface area contributed by atoms with Crippen molar-refractivity contribution in [1.82, 2.24) is 9.78 Å².